The first-order valence-electron chi connectivity index (χ1n) is 9.38. The van der Waals surface area contributed by atoms with E-state index < -0.39 is 10.3 Å². The first-order chi connectivity index (χ1) is 12.7. The molecule has 1 aromatic rings. The van der Waals surface area contributed by atoms with Crippen molar-refractivity contribution >= 4 is 16.1 Å². The van der Waals surface area contributed by atoms with Crippen molar-refractivity contribution in [2.75, 3.05) is 7.11 Å². The molecule has 148 valence electrons. The van der Waals surface area contributed by atoms with Crippen LogP contribution < -0.4 is 14.5 Å². The standard InChI is InChI=1S/C19H25NO6S/c1-19-8-7-12-13(15(19)5-6-18(19)21)4-3-11-9-17(26-20-27(22,23)24)16(25-2)10-14(11)12/h9-10,12-13,15,20H,3-8H2,1-2H3,(H,22,23,24)/t12-,13+,15-,19-/m0/s1. The normalized spacial score (nSPS) is 32.4. The largest absolute Gasteiger partial charge is 0.493 e. The van der Waals surface area contributed by atoms with Gasteiger partial charge in [0.15, 0.2) is 11.5 Å². The lowest BCUT2D eigenvalue weighted by Crippen LogP contribution is -2.42. The number of ether oxygens (including phenoxy) is 1. The maximum Gasteiger partial charge on any atom is 0.364 e. The Hall–Kier alpha value is -1.64. The molecule has 0 aromatic heterocycles. The zero-order valence-corrected chi connectivity index (χ0v) is 16.3. The molecule has 1 aromatic carbocycles. The van der Waals surface area contributed by atoms with Gasteiger partial charge in [0.1, 0.15) is 5.78 Å². The number of fused-ring (bicyclic) bond motifs is 5. The van der Waals surface area contributed by atoms with Gasteiger partial charge in [0.25, 0.3) is 0 Å². The van der Waals surface area contributed by atoms with E-state index in [1.54, 1.807) is 11.0 Å². The van der Waals surface area contributed by atoms with E-state index in [0.29, 0.717) is 35.7 Å². The summed E-state index contributed by atoms with van der Waals surface area (Å²) in [6.45, 7) is 2.15. The fourth-order valence-electron chi connectivity index (χ4n) is 5.69. The Morgan fingerprint density at radius 2 is 1.96 bits per heavy atom. The van der Waals surface area contributed by atoms with Crippen LogP contribution in [-0.2, 0) is 21.5 Å². The molecule has 27 heavy (non-hydrogen) atoms. The molecule has 0 spiro atoms. The van der Waals surface area contributed by atoms with Crippen LogP contribution in [0, 0.1) is 17.3 Å². The second kappa shape index (κ2) is 6.46. The van der Waals surface area contributed by atoms with Gasteiger partial charge in [-0.3, -0.25) is 9.35 Å². The number of nitrogens with one attached hydrogen (secondary N) is 1. The zero-order valence-electron chi connectivity index (χ0n) is 15.5. The minimum Gasteiger partial charge on any atom is -0.493 e. The molecule has 0 radical (unpaired) electrons. The predicted molar refractivity (Wildman–Crippen MR) is 97.9 cm³/mol. The molecule has 0 saturated heterocycles. The SMILES string of the molecule is COc1cc2c(cc1ONS(=O)(=O)O)CC[C@@H]1[C@@H]2CC[C@]2(C)C(=O)CC[C@@H]12. The molecule has 4 rings (SSSR count). The van der Waals surface area contributed by atoms with E-state index >= 15 is 0 Å². The molecule has 0 heterocycles. The van der Waals surface area contributed by atoms with Gasteiger partial charge in [-0.15, -0.1) is 0 Å². The third kappa shape index (κ3) is 3.13. The molecule has 0 aliphatic heterocycles. The van der Waals surface area contributed by atoms with Crippen molar-refractivity contribution in [1.82, 2.24) is 4.89 Å². The van der Waals surface area contributed by atoms with E-state index in [1.807, 2.05) is 6.07 Å². The summed E-state index contributed by atoms with van der Waals surface area (Å²) >= 11 is 0. The minimum atomic E-state index is -4.47. The molecular weight excluding hydrogens is 370 g/mol. The van der Waals surface area contributed by atoms with Gasteiger partial charge in [0, 0.05) is 11.8 Å². The molecule has 8 heteroatoms. The van der Waals surface area contributed by atoms with Gasteiger partial charge in [-0.25, -0.2) is 0 Å². The number of benzene rings is 1. The van der Waals surface area contributed by atoms with Crippen LogP contribution >= 0.6 is 0 Å². The number of aryl methyl sites for hydroxylation is 1. The smallest absolute Gasteiger partial charge is 0.364 e. The van der Waals surface area contributed by atoms with Crippen molar-refractivity contribution in [3.8, 4) is 11.5 Å². The Labute approximate surface area is 159 Å². The molecular formula is C19H25NO6S. The highest BCUT2D eigenvalue weighted by Gasteiger charge is 2.54. The first-order valence-corrected chi connectivity index (χ1v) is 10.8. The molecule has 0 bridgehead atoms. The van der Waals surface area contributed by atoms with Gasteiger partial charge in [0.2, 0.25) is 0 Å². The van der Waals surface area contributed by atoms with Crippen LogP contribution in [0.4, 0.5) is 0 Å². The second-order valence-electron chi connectivity index (χ2n) is 8.20. The Morgan fingerprint density at radius 3 is 2.67 bits per heavy atom. The molecule has 0 unspecified atom stereocenters. The monoisotopic (exact) mass is 395 g/mol. The van der Waals surface area contributed by atoms with Crippen molar-refractivity contribution in [3.63, 3.8) is 0 Å². The maximum atomic E-state index is 12.4. The van der Waals surface area contributed by atoms with E-state index in [2.05, 4.69) is 6.92 Å². The molecule has 2 N–H and O–H groups in total. The van der Waals surface area contributed by atoms with E-state index in [4.69, 9.17) is 14.1 Å². The van der Waals surface area contributed by atoms with Crippen molar-refractivity contribution in [2.24, 2.45) is 17.3 Å². The molecule has 7 nitrogen and oxygen atoms in total. The molecule has 0 amide bonds. The number of methoxy groups -OCH3 is 1. The zero-order chi connectivity index (χ0) is 19.4. The summed E-state index contributed by atoms with van der Waals surface area (Å²) in [5.74, 6) is 2.39. The average Bonchev–Trinajstić information content (AvgIpc) is 2.93. The van der Waals surface area contributed by atoms with Crippen LogP contribution in [0.25, 0.3) is 0 Å². The van der Waals surface area contributed by atoms with Crippen molar-refractivity contribution in [2.45, 2.75) is 51.4 Å². The van der Waals surface area contributed by atoms with Crippen LogP contribution in [0.15, 0.2) is 12.1 Å². The van der Waals surface area contributed by atoms with Crippen LogP contribution in [0.3, 0.4) is 0 Å². The quantitative estimate of drug-likeness (QED) is 0.600. The summed E-state index contributed by atoms with van der Waals surface area (Å²) < 4.78 is 36.0. The highest BCUT2D eigenvalue weighted by Crippen LogP contribution is 2.60. The average molecular weight is 395 g/mol. The molecule has 2 fully saturated rings. The number of ketones is 1. The van der Waals surface area contributed by atoms with Gasteiger partial charge >= 0.3 is 10.3 Å². The van der Waals surface area contributed by atoms with Crippen molar-refractivity contribution < 1.29 is 27.3 Å². The molecule has 2 saturated carbocycles. The van der Waals surface area contributed by atoms with Crippen LogP contribution in [-0.4, -0.2) is 25.9 Å². The lowest BCUT2D eigenvalue weighted by Gasteiger charge is -2.48. The Morgan fingerprint density at radius 1 is 1.19 bits per heavy atom. The van der Waals surface area contributed by atoms with Gasteiger partial charge in [-0.2, -0.15) is 8.42 Å². The van der Waals surface area contributed by atoms with Gasteiger partial charge < -0.3 is 9.57 Å². The Kier molecular flexibility index (Phi) is 4.48. The van der Waals surface area contributed by atoms with Crippen molar-refractivity contribution in [3.05, 3.63) is 23.3 Å². The topological polar surface area (TPSA) is 102 Å². The number of hydrogen-bond acceptors (Lipinski definition) is 5. The van der Waals surface area contributed by atoms with E-state index in [-0.39, 0.29) is 11.2 Å². The third-order valence-corrected chi connectivity index (χ3v) is 7.27. The first kappa shape index (κ1) is 18.7. The number of carbonyl (C=O) groups excluding carboxylic acids is 1. The minimum absolute atomic E-state index is 0.161. The highest BCUT2D eigenvalue weighted by molar-refractivity contribution is 7.83. The lowest BCUT2D eigenvalue weighted by molar-refractivity contribution is -0.129. The maximum absolute atomic E-state index is 12.4. The second-order valence-corrected chi connectivity index (χ2v) is 9.31. The molecule has 3 aliphatic rings. The summed E-state index contributed by atoms with van der Waals surface area (Å²) in [7, 11) is -2.97. The third-order valence-electron chi connectivity index (χ3n) is 6.97. The lowest BCUT2D eigenvalue weighted by atomic mass is 9.55. The Bertz CT molecular complexity index is 882. The van der Waals surface area contributed by atoms with E-state index in [1.165, 1.54) is 12.7 Å². The molecule has 4 atom stereocenters. The van der Waals surface area contributed by atoms with E-state index in [0.717, 1.165) is 37.7 Å². The number of hydrogen-bond donors (Lipinski definition) is 2. The van der Waals surface area contributed by atoms with Crippen LogP contribution in [0.5, 0.6) is 11.5 Å². The van der Waals surface area contributed by atoms with Gasteiger partial charge in [0.05, 0.1) is 7.11 Å². The highest BCUT2D eigenvalue weighted by atomic mass is 32.2. The fourth-order valence-corrected chi connectivity index (χ4v) is 5.88. The van der Waals surface area contributed by atoms with Gasteiger partial charge in [-0.05, 0) is 78.0 Å². The summed E-state index contributed by atoms with van der Waals surface area (Å²) in [6, 6.07) is 3.71. The van der Waals surface area contributed by atoms with Crippen molar-refractivity contribution in [1.29, 1.82) is 0 Å². The van der Waals surface area contributed by atoms with Crippen LogP contribution in [0.2, 0.25) is 0 Å². The predicted octanol–water partition coefficient (Wildman–Crippen LogP) is 2.81. The fraction of sp³-hybridized carbons (Fsp3) is 0.632. The Balaban J connectivity index is 1.66. The van der Waals surface area contributed by atoms with E-state index in [9.17, 15) is 13.2 Å². The summed E-state index contributed by atoms with van der Waals surface area (Å²) in [4.78, 5) is 19.1. The van der Waals surface area contributed by atoms with Crippen LogP contribution in [0.1, 0.15) is 56.1 Å². The summed E-state index contributed by atoms with van der Waals surface area (Å²) in [5, 5.41) is 0. The summed E-state index contributed by atoms with van der Waals surface area (Å²) in [5.41, 5.74) is 2.16. The summed E-state index contributed by atoms with van der Waals surface area (Å²) in [6.07, 6.45) is 5.45. The molecule has 3 aliphatic carbocycles. The number of rotatable bonds is 4. The van der Waals surface area contributed by atoms with Gasteiger partial charge in [-0.1, -0.05) is 6.92 Å². The number of Topliss-reactive ketones (excluding diaryl/α,β-unsaturated/α-hetero) is 1. The number of carbonyl (C=O) groups is 1.